The summed E-state index contributed by atoms with van der Waals surface area (Å²) in [6.45, 7) is 1.99. The number of carboxylic acids is 1. The van der Waals surface area contributed by atoms with Crippen molar-refractivity contribution in [1.29, 1.82) is 0 Å². The fourth-order valence-electron chi connectivity index (χ4n) is 2.34. The van der Waals surface area contributed by atoms with Crippen molar-refractivity contribution in [2.24, 2.45) is 0 Å². The number of rotatable bonds is 3. The third-order valence-corrected chi connectivity index (χ3v) is 3.51. The van der Waals surface area contributed by atoms with Gasteiger partial charge in [-0.2, -0.15) is 0 Å². The summed E-state index contributed by atoms with van der Waals surface area (Å²) in [6.07, 6.45) is 0.794. The van der Waals surface area contributed by atoms with Gasteiger partial charge in [0.2, 0.25) is 11.3 Å². The molecule has 0 saturated carbocycles. The average molecular weight is 299 g/mol. The zero-order valence-electron chi connectivity index (χ0n) is 12.0. The highest BCUT2D eigenvalue weighted by Gasteiger charge is 2.18. The molecule has 6 nitrogen and oxygen atoms in total. The number of benzene rings is 1. The summed E-state index contributed by atoms with van der Waals surface area (Å²) in [5, 5.41) is 9.59. The third-order valence-electron chi connectivity index (χ3n) is 3.51. The van der Waals surface area contributed by atoms with Gasteiger partial charge in [0.05, 0.1) is 12.5 Å². The number of aromatic carboxylic acids is 1. The number of methoxy groups -OCH3 is 1. The van der Waals surface area contributed by atoms with E-state index in [1.807, 2.05) is 13.0 Å². The first kappa shape index (κ1) is 14.1. The van der Waals surface area contributed by atoms with Crippen LogP contribution in [0, 0.1) is 0 Å². The lowest BCUT2D eigenvalue weighted by molar-refractivity contribution is 0.0692. The van der Waals surface area contributed by atoms with Crippen molar-refractivity contribution in [2.45, 2.75) is 13.3 Å². The van der Waals surface area contributed by atoms with Crippen LogP contribution in [0.1, 0.15) is 22.8 Å². The normalized spacial score (nSPS) is 11.0. The molecule has 0 spiro atoms. The molecule has 0 aliphatic heterocycles. The summed E-state index contributed by atoms with van der Waals surface area (Å²) in [7, 11) is 1.30. The topological polar surface area (TPSA) is 89.6 Å². The summed E-state index contributed by atoms with van der Waals surface area (Å²) < 4.78 is 10.6. The van der Waals surface area contributed by atoms with Crippen LogP contribution in [0.2, 0.25) is 0 Å². The minimum atomic E-state index is -1.20. The minimum absolute atomic E-state index is 0.0580. The maximum absolute atomic E-state index is 12.6. The minimum Gasteiger partial charge on any atom is -0.480 e. The number of nitrogens with zero attached hydrogens (tertiary/aromatic N) is 1. The van der Waals surface area contributed by atoms with E-state index in [0.717, 1.165) is 12.0 Å². The van der Waals surface area contributed by atoms with Crippen molar-refractivity contribution in [3.8, 4) is 5.88 Å². The van der Waals surface area contributed by atoms with Crippen molar-refractivity contribution in [1.82, 2.24) is 4.98 Å². The number of fused-ring (bicyclic) bond motifs is 2. The summed E-state index contributed by atoms with van der Waals surface area (Å²) in [4.78, 5) is 27.8. The molecule has 0 bridgehead atoms. The Labute approximate surface area is 125 Å². The Morgan fingerprint density at radius 2 is 2.09 bits per heavy atom. The number of pyridine rings is 1. The second-order valence-corrected chi connectivity index (χ2v) is 4.81. The highest BCUT2D eigenvalue weighted by atomic mass is 16.5. The molecular formula is C16H13NO5. The summed E-state index contributed by atoms with van der Waals surface area (Å²) in [5.74, 6) is -1.31. The molecule has 0 fully saturated rings. The van der Waals surface area contributed by atoms with Gasteiger partial charge in [-0.05, 0) is 24.1 Å². The third kappa shape index (κ3) is 2.09. The fraction of sp³-hybridized carbons (Fsp3) is 0.188. The lowest BCUT2D eigenvalue weighted by Gasteiger charge is -2.07. The van der Waals surface area contributed by atoms with Gasteiger partial charge >= 0.3 is 5.97 Å². The van der Waals surface area contributed by atoms with E-state index in [0.29, 0.717) is 11.0 Å². The van der Waals surface area contributed by atoms with Crippen LogP contribution < -0.4 is 10.2 Å². The van der Waals surface area contributed by atoms with Crippen molar-refractivity contribution in [3.63, 3.8) is 0 Å². The van der Waals surface area contributed by atoms with Gasteiger partial charge in [-0.1, -0.05) is 13.0 Å². The zero-order chi connectivity index (χ0) is 15.9. The van der Waals surface area contributed by atoms with Gasteiger partial charge in [-0.15, -0.1) is 0 Å². The number of ether oxygens (including phenoxy) is 1. The Morgan fingerprint density at radius 1 is 1.32 bits per heavy atom. The zero-order valence-corrected chi connectivity index (χ0v) is 12.0. The van der Waals surface area contributed by atoms with Gasteiger partial charge in [0.1, 0.15) is 11.1 Å². The number of hydrogen-bond donors (Lipinski definition) is 1. The molecule has 2 aromatic heterocycles. The van der Waals surface area contributed by atoms with Gasteiger partial charge in [0, 0.05) is 6.07 Å². The Morgan fingerprint density at radius 3 is 2.73 bits per heavy atom. The fourth-order valence-corrected chi connectivity index (χ4v) is 2.34. The molecule has 0 aliphatic carbocycles. The molecule has 0 atom stereocenters. The standard InChI is InChI=1S/C16H13NO5/c1-3-8-4-5-11-9(6-8)14(18)13-12(22-11)7-10(16(19)20)15(17-13)21-2/h4-7H,3H2,1-2H3,(H,19,20). The quantitative estimate of drug-likeness (QED) is 0.748. The highest BCUT2D eigenvalue weighted by Crippen LogP contribution is 2.24. The molecule has 1 N–H and O–H groups in total. The number of carbonyl (C=O) groups is 1. The first-order chi connectivity index (χ1) is 10.5. The Kier molecular flexibility index (Phi) is 3.29. The van der Waals surface area contributed by atoms with Crippen LogP contribution in [0.5, 0.6) is 5.88 Å². The van der Waals surface area contributed by atoms with Crippen LogP contribution in [0.25, 0.3) is 22.1 Å². The number of aromatic nitrogens is 1. The Hall–Kier alpha value is -2.89. The molecule has 0 saturated heterocycles. The molecule has 0 radical (unpaired) electrons. The first-order valence-electron chi connectivity index (χ1n) is 6.73. The van der Waals surface area contributed by atoms with Gasteiger partial charge in [-0.3, -0.25) is 4.79 Å². The second kappa shape index (κ2) is 5.14. The molecule has 112 valence electrons. The van der Waals surface area contributed by atoms with Crippen LogP contribution in [0.3, 0.4) is 0 Å². The van der Waals surface area contributed by atoms with Gasteiger partial charge < -0.3 is 14.3 Å². The van der Waals surface area contributed by atoms with Gasteiger partial charge in [-0.25, -0.2) is 9.78 Å². The van der Waals surface area contributed by atoms with Crippen molar-refractivity contribution < 1.29 is 19.1 Å². The van der Waals surface area contributed by atoms with Crippen LogP contribution in [-0.4, -0.2) is 23.2 Å². The van der Waals surface area contributed by atoms with Crippen molar-refractivity contribution in [2.75, 3.05) is 7.11 Å². The number of hydrogen-bond acceptors (Lipinski definition) is 5. The van der Waals surface area contributed by atoms with E-state index in [9.17, 15) is 9.59 Å². The van der Waals surface area contributed by atoms with E-state index in [-0.39, 0.29) is 28.0 Å². The molecule has 1 aromatic carbocycles. The largest absolute Gasteiger partial charge is 0.480 e. The molecule has 2 heterocycles. The molecule has 3 rings (SSSR count). The molecule has 22 heavy (non-hydrogen) atoms. The van der Waals surface area contributed by atoms with E-state index < -0.39 is 5.97 Å². The van der Waals surface area contributed by atoms with E-state index in [1.54, 1.807) is 12.1 Å². The SMILES string of the molecule is CCc1ccc2oc3cc(C(=O)O)c(OC)nc3c(=O)c2c1. The average Bonchev–Trinajstić information content (AvgIpc) is 2.53. The summed E-state index contributed by atoms with van der Waals surface area (Å²) in [5.41, 5.74) is 1.14. The monoisotopic (exact) mass is 299 g/mol. The molecule has 0 amide bonds. The Balaban J connectivity index is 2.43. The maximum atomic E-state index is 12.6. The van der Waals surface area contributed by atoms with Crippen LogP contribution in [-0.2, 0) is 6.42 Å². The molecule has 0 aliphatic rings. The maximum Gasteiger partial charge on any atom is 0.341 e. The number of carboxylic acid groups (broad SMARTS) is 1. The molecule has 6 heteroatoms. The second-order valence-electron chi connectivity index (χ2n) is 4.81. The van der Waals surface area contributed by atoms with Crippen molar-refractivity contribution >= 4 is 28.0 Å². The van der Waals surface area contributed by atoms with E-state index in [2.05, 4.69) is 4.98 Å². The summed E-state index contributed by atoms with van der Waals surface area (Å²) >= 11 is 0. The molecule has 0 unspecified atom stereocenters. The molecular weight excluding hydrogens is 286 g/mol. The smallest absolute Gasteiger partial charge is 0.341 e. The highest BCUT2D eigenvalue weighted by molar-refractivity contribution is 5.96. The van der Waals surface area contributed by atoms with Crippen LogP contribution in [0.4, 0.5) is 0 Å². The lowest BCUT2D eigenvalue weighted by Crippen LogP contribution is -2.09. The van der Waals surface area contributed by atoms with E-state index in [4.69, 9.17) is 14.3 Å². The predicted molar refractivity (Wildman–Crippen MR) is 80.7 cm³/mol. The van der Waals surface area contributed by atoms with Crippen LogP contribution in [0.15, 0.2) is 33.5 Å². The predicted octanol–water partition coefficient (Wildman–Crippen LogP) is 2.61. The van der Waals surface area contributed by atoms with Gasteiger partial charge in [0.15, 0.2) is 11.1 Å². The number of aryl methyl sites for hydroxylation is 1. The first-order valence-corrected chi connectivity index (χ1v) is 6.73. The van der Waals surface area contributed by atoms with E-state index >= 15 is 0 Å². The van der Waals surface area contributed by atoms with Crippen molar-refractivity contribution in [3.05, 3.63) is 45.6 Å². The molecule has 3 aromatic rings. The summed E-state index contributed by atoms with van der Waals surface area (Å²) in [6, 6.07) is 6.60. The lowest BCUT2D eigenvalue weighted by atomic mass is 10.1. The van der Waals surface area contributed by atoms with Crippen LogP contribution >= 0.6 is 0 Å². The van der Waals surface area contributed by atoms with Gasteiger partial charge in [0.25, 0.3) is 0 Å². The van der Waals surface area contributed by atoms with E-state index in [1.165, 1.54) is 13.2 Å². The Bertz CT molecular complexity index is 958.